The molecule has 1 amide bonds. The highest BCUT2D eigenvalue weighted by Gasteiger charge is 2.24. The van der Waals surface area contributed by atoms with Crippen molar-refractivity contribution in [1.82, 2.24) is 10.6 Å². The number of amides is 1. The summed E-state index contributed by atoms with van der Waals surface area (Å²) in [6, 6.07) is 12.7. The third kappa shape index (κ3) is 2.70. The first-order valence-electron chi connectivity index (χ1n) is 7.82. The Balaban J connectivity index is 1.98. The number of rotatable bonds is 1. The minimum Gasteiger partial charge on any atom is -0.422 e. The maximum absolute atomic E-state index is 12.2. The van der Waals surface area contributed by atoms with Crippen molar-refractivity contribution in [3.63, 3.8) is 0 Å². The highest BCUT2D eigenvalue weighted by molar-refractivity contribution is 7.80. The van der Waals surface area contributed by atoms with Crippen LogP contribution in [0.1, 0.15) is 12.5 Å². The Bertz CT molecular complexity index is 1130. The molecule has 1 fully saturated rings. The predicted molar refractivity (Wildman–Crippen MR) is 101 cm³/mol. The fraction of sp³-hybridized carbons (Fsp3) is 0.105. The summed E-state index contributed by atoms with van der Waals surface area (Å²) in [5.74, 6) is -0.265. The van der Waals surface area contributed by atoms with Crippen LogP contribution in [-0.4, -0.2) is 17.1 Å². The van der Waals surface area contributed by atoms with E-state index in [-0.39, 0.29) is 11.9 Å². The average Bonchev–Trinajstić information content (AvgIpc) is 2.57. The van der Waals surface area contributed by atoms with Gasteiger partial charge >= 0.3 is 5.63 Å². The van der Waals surface area contributed by atoms with Gasteiger partial charge in [-0.25, -0.2) is 4.79 Å². The standard InChI is InChI=1S/C19H14N2O3S/c1-10-15(18(23)21-19(25)20-10)8-12-9-16(22)24-17-13-5-3-2-4-11(13)6-7-14(12)17/h2-10H,1H3,(H2,20,21,23,25)/b15-8-. The lowest BCUT2D eigenvalue weighted by Gasteiger charge is -2.25. The molecule has 1 aromatic heterocycles. The normalized spacial score (nSPS) is 19.2. The number of hydrogen-bond acceptors (Lipinski definition) is 4. The minimum absolute atomic E-state index is 0.246. The molecule has 2 N–H and O–H groups in total. The van der Waals surface area contributed by atoms with Crippen molar-refractivity contribution in [2.24, 2.45) is 0 Å². The van der Waals surface area contributed by atoms with Crippen LogP contribution in [0, 0.1) is 0 Å². The minimum atomic E-state index is -0.456. The number of fused-ring (bicyclic) bond motifs is 3. The second-order valence-corrected chi connectivity index (χ2v) is 6.34. The quantitative estimate of drug-likeness (QED) is 0.306. The Morgan fingerprint density at radius 1 is 1.12 bits per heavy atom. The van der Waals surface area contributed by atoms with E-state index in [1.54, 1.807) is 6.08 Å². The largest absolute Gasteiger partial charge is 0.422 e. The maximum atomic E-state index is 12.2. The van der Waals surface area contributed by atoms with E-state index in [9.17, 15) is 9.59 Å². The van der Waals surface area contributed by atoms with Crippen molar-refractivity contribution in [2.75, 3.05) is 0 Å². The summed E-state index contributed by atoms with van der Waals surface area (Å²) < 4.78 is 5.45. The Morgan fingerprint density at radius 3 is 2.72 bits per heavy atom. The number of hydrogen-bond donors (Lipinski definition) is 2. The smallest absolute Gasteiger partial charge is 0.336 e. The van der Waals surface area contributed by atoms with E-state index >= 15 is 0 Å². The summed E-state index contributed by atoms with van der Waals surface area (Å²) in [6.45, 7) is 1.85. The molecule has 1 aliphatic heterocycles. The fourth-order valence-electron chi connectivity index (χ4n) is 3.07. The Kier molecular flexibility index (Phi) is 3.62. The highest BCUT2D eigenvalue weighted by atomic mass is 32.1. The molecule has 1 unspecified atom stereocenters. The highest BCUT2D eigenvalue weighted by Crippen LogP contribution is 2.28. The lowest BCUT2D eigenvalue weighted by molar-refractivity contribution is -0.116. The van der Waals surface area contributed by atoms with Gasteiger partial charge in [0.05, 0.1) is 6.04 Å². The van der Waals surface area contributed by atoms with Crippen molar-refractivity contribution in [1.29, 1.82) is 0 Å². The van der Waals surface area contributed by atoms with Crippen LogP contribution in [0.2, 0.25) is 0 Å². The molecule has 0 radical (unpaired) electrons. The van der Waals surface area contributed by atoms with Crippen LogP contribution < -0.4 is 16.3 Å². The zero-order valence-electron chi connectivity index (χ0n) is 13.3. The second-order valence-electron chi connectivity index (χ2n) is 5.93. The molecule has 124 valence electrons. The molecule has 25 heavy (non-hydrogen) atoms. The summed E-state index contributed by atoms with van der Waals surface area (Å²) in [6.07, 6.45) is 1.71. The number of carbonyl (C=O) groups is 1. The van der Waals surface area contributed by atoms with Gasteiger partial charge in [-0.05, 0) is 42.2 Å². The van der Waals surface area contributed by atoms with Gasteiger partial charge in [0.2, 0.25) is 0 Å². The summed E-state index contributed by atoms with van der Waals surface area (Å²) >= 11 is 4.99. The van der Waals surface area contributed by atoms with E-state index in [0.29, 0.717) is 21.8 Å². The average molecular weight is 350 g/mol. The van der Waals surface area contributed by atoms with Gasteiger partial charge < -0.3 is 9.73 Å². The zero-order valence-corrected chi connectivity index (χ0v) is 14.1. The van der Waals surface area contributed by atoms with Crippen LogP contribution >= 0.6 is 12.2 Å². The van der Waals surface area contributed by atoms with E-state index in [1.165, 1.54) is 6.07 Å². The van der Waals surface area contributed by atoms with Crippen LogP contribution in [0.25, 0.3) is 27.8 Å². The SMILES string of the molecule is CC1NC(=S)NC(=O)/C1=C\c1cc(=O)oc2c1ccc1ccccc12. The molecule has 5 nitrogen and oxygen atoms in total. The first-order chi connectivity index (χ1) is 12.0. The molecule has 1 aliphatic rings. The van der Waals surface area contributed by atoms with Crippen LogP contribution in [0.4, 0.5) is 0 Å². The molecule has 1 atom stereocenters. The number of nitrogens with one attached hydrogen (secondary N) is 2. The molecule has 3 aromatic rings. The second kappa shape index (κ2) is 5.82. The van der Waals surface area contributed by atoms with E-state index in [1.807, 2.05) is 43.3 Å². The van der Waals surface area contributed by atoms with Gasteiger partial charge in [0.15, 0.2) is 5.11 Å². The van der Waals surface area contributed by atoms with Crippen molar-refractivity contribution in [3.05, 3.63) is 64.0 Å². The molecule has 0 spiro atoms. The molecule has 0 aliphatic carbocycles. The third-order valence-electron chi connectivity index (χ3n) is 4.28. The molecular formula is C19H14N2O3S. The maximum Gasteiger partial charge on any atom is 0.336 e. The zero-order chi connectivity index (χ0) is 17.6. The summed E-state index contributed by atoms with van der Waals surface area (Å²) in [7, 11) is 0. The van der Waals surface area contributed by atoms with E-state index in [4.69, 9.17) is 16.6 Å². The Labute approximate surface area is 148 Å². The molecule has 4 rings (SSSR count). The van der Waals surface area contributed by atoms with Gasteiger partial charge in [-0.2, -0.15) is 0 Å². The number of benzene rings is 2. The predicted octanol–water partition coefficient (Wildman–Crippen LogP) is 2.72. The van der Waals surface area contributed by atoms with E-state index in [0.717, 1.165) is 16.2 Å². The monoisotopic (exact) mass is 350 g/mol. The first-order valence-corrected chi connectivity index (χ1v) is 8.23. The van der Waals surface area contributed by atoms with Gasteiger partial charge in [0.25, 0.3) is 5.91 Å². The molecular weight excluding hydrogens is 336 g/mol. The van der Waals surface area contributed by atoms with E-state index in [2.05, 4.69) is 10.6 Å². The Morgan fingerprint density at radius 2 is 1.92 bits per heavy atom. The number of thiocarbonyl (C=S) groups is 1. The molecule has 2 aromatic carbocycles. The number of carbonyl (C=O) groups excluding carboxylic acids is 1. The topological polar surface area (TPSA) is 71.3 Å². The molecule has 1 saturated heterocycles. The summed E-state index contributed by atoms with van der Waals surface area (Å²) in [5.41, 5.74) is 1.21. The van der Waals surface area contributed by atoms with Gasteiger partial charge in [0, 0.05) is 22.4 Å². The van der Waals surface area contributed by atoms with Gasteiger partial charge in [0.1, 0.15) is 5.58 Å². The van der Waals surface area contributed by atoms with E-state index < -0.39 is 5.63 Å². The molecule has 0 saturated carbocycles. The van der Waals surface area contributed by atoms with Gasteiger partial charge in [-0.3, -0.25) is 10.1 Å². The lowest BCUT2D eigenvalue weighted by atomic mass is 9.99. The van der Waals surface area contributed by atoms with Crippen LogP contribution in [-0.2, 0) is 4.79 Å². The summed E-state index contributed by atoms with van der Waals surface area (Å²) in [4.78, 5) is 24.3. The van der Waals surface area contributed by atoms with Gasteiger partial charge in [-0.15, -0.1) is 0 Å². The fourth-order valence-corrected chi connectivity index (χ4v) is 3.34. The lowest BCUT2D eigenvalue weighted by Crippen LogP contribution is -2.52. The van der Waals surface area contributed by atoms with Crippen molar-refractivity contribution in [3.8, 4) is 0 Å². The van der Waals surface area contributed by atoms with Crippen LogP contribution in [0.5, 0.6) is 0 Å². The van der Waals surface area contributed by atoms with Crippen LogP contribution in [0.15, 0.2) is 57.2 Å². The molecule has 0 bridgehead atoms. The molecule has 2 heterocycles. The van der Waals surface area contributed by atoms with Crippen molar-refractivity contribution in [2.45, 2.75) is 13.0 Å². The van der Waals surface area contributed by atoms with Crippen molar-refractivity contribution >= 4 is 51.1 Å². The third-order valence-corrected chi connectivity index (χ3v) is 4.50. The van der Waals surface area contributed by atoms with Gasteiger partial charge in [-0.1, -0.05) is 30.3 Å². The first kappa shape index (κ1) is 15.5. The van der Waals surface area contributed by atoms with Crippen molar-refractivity contribution < 1.29 is 9.21 Å². The summed E-state index contributed by atoms with van der Waals surface area (Å²) in [5, 5.41) is 8.51. The van der Waals surface area contributed by atoms with Crippen LogP contribution in [0.3, 0.4) is 0 Å². The Hall–Kier alpha value is -2.99. The molecule has 6 heteroatoms.